The molecule has 0 saturated carbocycles. The van der Waals surface area contributed by atoms with Gasteiger partial charge in [-0.3, -0.25) is 4.98 Å². The topological polar surface area (TPSA) is 74.7 Å². The third-order valence-corrected chi connectivity index (χ3v) is 3.00. The zero-order chi connectivity index (χ0) is 13.7. The second-order valence-electron chi connectivity index (χ2n) is 4.23. The lowest BCUT2D eigenvalue weighted by Crippen LogP contribution is -2.05. The van der Waals surface area contributed by atoms with Crippen molar-refractivity contribution in [2.24, 2.45) is 0 Å². The molecule has 1 aromatic heterocycles. The number of nitrogens with zero attached hydrogens (tertiary/aromatic N) is 2. The van der Waals surface area contributed by atoms with E-state index in [1.807, 2.05) is 12.1 Å². The maximum absolute atomic E-state index is 8.94. The number of aromatic nitrogens is 1. The molecule has 4 heteroatoms. The van der Waals surface area contributed by atoms with Gasteiger partial charge >= 0.3 is 0 Å². The van der Waals surface area contributed by atoms with E-state index < -0.39 is 0 Å². The molecule has 0 aliphatic heterocycles. The number of nitrogens with two attached hydrogens (primary N) is 1. The van der Waals surface area contributed by atoms with Crippen molar-refractivity contribution in [1.82, 2.24) is 4.98 Å². The van der Waals surface area contributed by atoms with Crippen LogP contribution in [0.1, 0.15) is 23.7 Å². The van der Waals surface area contributed by atoms with E-state index in [1.165, 1.54) is 5.56 Å². The second-order valence-corrected chi connectivity index (χ2v) is 4.23. The van der Waals surface area contributed by atoms with Gasteiger partial charge < -0.3 is 11.1 Å². The fraction of sp³-hybridized carbons (Fsp3) is 0.200. The van der Waals surface area contributed by atoms with E-state index in [0.29, 0.717) is 17.8 Å². The Labute approximate surface area is 112 Å². The molecular formula is C15H16N4. The maximum Gasteiger partial charge on any atom is 0.101 e. The number of pyridine rings is 1. The van der Waals surface area contributed by atoms with Crippen LogP contribution >= 0.6 is 0 Å². The van der Waals surface area contributed by atoms with E-state index in [-0.39, 0.29) is 0 Å². The molecule has 0 aliphatic carbocycles. The van der Waals surface area contributed by atoms with Gasteiger partial charge in [-0.05, 0) is 36.2 Å². The summed E-state index contributed by atoms with van der Waals surface area (Å²) in [6.45, 7) is 2.75. The van der Waals surface area contributed by atoms with Gasteiger partial charge in [-0.15, -0.1) is 0 Å². The minimum atomic E-state index is 0.488. The highest BCUT2D eigenvalue weighted by molar-refractivity contribution is 5.61. The molecule has 3 N–H and O–H groups in total. The Balaban J connectivity index is 2.13. The smallest absolute Gasteiger partial charge is 0.101 e. The SMILES string of the molecule is CCc1cccnc1CNc1ccc(N)c(C#N)c1. The first-order chi connectivity index (χ1) is 9.24. The van der Waals surface area contributed by atoms with Gasteiger partial charge in [0.05, 0.1) is 17.8 Å². The van der Waals surface area contributed by atoms with Crippen molar-refractivity contribution in [3.05, 3.63) is 53.3 Å². The summed E-state index contributed by atoms with van der Waals surface area (Å²) in [6.07, 6.45) is 2.75. The summed E-state index contributed by atoms with van der Waals surface area (Å²) in [7, 11) is 0. The molecule has 0 radical (unpaired) electrons. The summed E-state index contributed by atoms with van der Waals surface area (Å²) in [5, 5.41) is 12.2. The highest BCUT2D eigenvalue weighted by Crippen LogP contribution is 2.18. The summed E-state index contributed by atoms with van der Waals surface area (Å²) in [5.41, 5.74) is 9.81. The van der Waals surface area contributed by atoms with Gasteiger partial charge in [0.2, 0.25) is 0 Å². The average Bonchev–Trinajstić information content (AvgIpc) is 2.46. The van der Waals surface area contributed by atoms with Gasteiger partial charge in [0.25, 0.3) is 0 Å². The van der Waals surface area contributed by atoms with E-state index in [2.05, 4.69) is 29.4 Å². The van der Waals surface area contributed by atoms with Crippen LogP contribution in [0.5, 0.6) is 0 Å². The molecule has 0 amide bonds. The third-order valence-electron chi connectivity index (χ3n) is 3.00. The zero-order valence-corrected chi connectivity index (χ0v) is 10.9. The number of rotatable bonds is 4. The van der Waals surface area contributed by atoms with Crippen LogP contribution in [0, 0.1) is 11.3 Å². The number of aryl methyl sites for hydroxylation is 1. The van der Waals surface area contributed by atoms with Crippen LogP contribution in [0.4, 0.5) is 11.4 Å². The van der Waals surface area contributed by atoms with Gasteiger partial charge in [-0.2, -0.15) is 5.26 Å². The summed E-state index contributed by atoms with van der Waals surface area (Å²) in [4.78, 5) is 4.37. The third kappa shape index (κ3) is 3.02. The van der Waals surface area contributed by atoms with Crippen molar-refractivity contribution in [1.29, 1.82) is 5.26 Å². The molecule has 2 rings (SSSR count). The van der Waals surface area contributed by atoms with Crippen molar-refractivity contribution in [2.75, 3.05) is 11.1 Å². The number of nitrogens with one attached hydrogen (secondary N) is 1. The Morgan fingerprint density at radius 3 is 2.95 bits per heavy atom. The molecule has 0 spiro atoms. The van der Waals surface area contributed by atoms with Crippen LogP contribution in [0.25, 0.3) is 0 Å². The van der Waals surface area contributed by atoms with Gasteiger partial charge in [-0.25, -0.2) is 0 Å². The largest absolute Gasteiger partial charge is 0.398 e. The molecular weight excluding hydrogens is 236 g/mol. The van der Waals surface area contributed by atoms with E-state index in [1.54, 1.807) is 18.3 Å². The molecule has 1 heterocycles. The zero-order valence-electron chi connectivity index (χ0n) is 10.9. The normalized spacial score (nSPS) is 9.89. The Morgan fingerprint density at radius 2 is 2.21 bits per heavy atom. The lowest BCUT2D eigenvalue weighted by Gasteiger charge is -2.10. The highest BCUT2D eigenvalue weighted by atomic mass is 14.9. The van der Waals surface area contributed by atoms with E-state index in [9.17, 15) is 0 Å². The number of nitrogen functional groups attached to an aromatic ring is 1. The summed E-state index contributed by atoms with van der Waals surface area (Å²) in [5.74, 6) is 0. The first kappa shape index (κ1) is 12.9. The number of benzene rings is 1. The molecule has 0 atom stereocenters. The summed E-state index contributed by atoms with van der Waals surface area (Å²) < 4.78 is 0. The fourth-order valence-corrected chi connectivity index (χ4v) is 1.90. The fourth-order valence-electron chi connectivity index (χ4n) is 1.90. The number of hydrogen-bond donors (Lipinski definition) is 2. The van der Waals surface area contributed by atoms with E-state index >= 15 is 0 Å². The Hall–Kier alpha value is -2.54. The molecule has 19 heavy (non-hydrogen) atoms. The molecule has 1 aromatic carbocycles. The first-order valence-corrected chi connectivity index (χ1v) is 6.21. The maximum atomic E-state index is 8.94. The lowest BCUT2D eigenvalue weighted by atomic mass is 10.1. The molecule has 0 unspecified atom stereocenters. The van der Waals surface area contributed by atoms with Crippen molar-refractivity contribution in [3.8, 4) is 6.07 Å². The predicted octanol–water partition coefficient (Wildman–Crippen LogP) is 2.71. The van der Waals surface area contributed by atoms with Crippen molar-refractivity contribution < 1.29 is 0 Å². The predicted molar refractivity (Wildman–Crippen MR) is 76.5 cm³/mol. The van der Waals surface area contributed by atoms with Crippen molar-refractivity contribution in [2.45, 2.75) is 19.9 Å². The van der Waals surface area contributed by atoms with Crippen molar-refractivity contribution in [3.63, 3.8) is 0 Å². The monoisotopic (exact) mass is 252 g/mol. The summed E-state index contributed by atoms with van der Waals surface area (Å²) in [6, 6.07) is 11.5. The summed E-state index contributed by atoms with van der Waals surface area (Å²) >= 11 is 0. The molecule has 0 fully saturated rings. The van der Waals surface area contributed by atoms with Gasteiger partial charge in [0.15, 0.2) is 0 Å². The average molecular weight is 252 g/mol. The molecule has 2 aromatic rings. The van der Waals surface area contributed by atoms with Crippen LogP contribution in [-0.4, -0.2) is 4.98 Å². The van der Waals surface area contributed by atoms with E-state index in [4.69, 9.17) is 11.0 Å². The van der Waals surface area contributed by atoms with Crippen LogP contribution < -0.4 is 11.1 Å². The molecule has 4 nitrogen and oxygen atoms in total. The minimum Gasteiger partial charge on any atom is -0.398 e. The molecule has 0 saturated heterocycles. The standard InChI is InChI=1S/C15H16N4/c1-2-11-4-3-7-18-15(11)10-19-13-5-6-14(17)12(8-13)9-16/h3-8,19H,2,10,17H2,1H3. The molecule has 0 aliphatic rings. The van der Waals surface area contributed by atoms with E-state index in [0.717, 1.165) is 17.8 Å². The quantitative estimate of drug-likeness (QED) is 0.820. The Bertz CT molecular complexity index is 614. The Kier molecular flexibility index (Phi) is 3.99. The lowest BCUT2D eigenvalue weighted by molar-refractivity contribution is 0.972. The molecule has 96 valence electrons. The van der Waals surface area contributed by atoms with Gasteiger partial charge in [0.1, 0.15) is 6.07 Å². The second kappa shape index (κ2) is 5.87. The number of anilines is 2. The number of nitriles is 1. The highest BCUT2D eigenvalue weighted by Gasteiger charge is 2.03. The van der Waals surface area contributed by atoms with Gasteiger partial charge in [0, 0.05) is 17.6 Å². The minimum absolute atomic E-state index is 0.488. The van der Waals surface area contributed by atoms with Crippen LogP contribution in [0.15, 0.2) is 36.5 Å². The van der Waals surface area contributed by atoms with Crippen molar-refractivity contribution >= 4 is 11.4 Å². The van der Waals surface area contributed by atoms with Crippen LogP contribution in [0.2, 0.25) is 0 Å². The van der Waals surface area contributed by atoms with Crippen LogP contribution in [-0.2, 0) is 13.0 Å². The van der Waals surface area contributed by atoms with Crippen LogP contribution in [0.3, 0.4) is 0 Å². The van der Waals surface area contributed by atoms with Gasteiger partial charge in [-0.1, -0.05) is 13.0 Å². The molecule has 0 bridgehead atoms. The number of hydrogen-bond acceptors (Lipinski definition) is 4. The Morgan fingerprint density at radius 1 is 1.37 bits per heavy atom. The first-order valence-electron chi connectivity index (χ1n) is 6.21.